The molecule has 1 amide bonds. The van der Waals surface area contributed by atoms with Gasteiger partial charge in [0, 0.05) is 48.7 Å². The third-order valence-electron chi connectivity index (χ3n) is 4.45. The van der Waals surface area contributed by atoms with Crippen molar-refractivity contribution in [2.75, 3.05) is 13.1 Å². The number of carbonyl (C=O) groups excluding carboxylic acids is 1. The molecule has 4 rings (SSSR count). The largest absolute Gasteiger partial charge is 0.337 e. The molecule has 8 heteroatoms. The van der Waals surface area contributed by atoms with Crippen LogP contribution in [-0.2, 0) is 0 Å². The van der Waals surface area contributed by atoms with Crippen LogP contribution in [0.25, 0.3) is 10.7 Å². The monoisotopic (exact) mass is 366 g/mol. The molecule has 7 nitrogen and oxygen atoms in total. The SMILES string of the molecule is Cc1cc(-c2nccs2)nc(C2CCN(C(=O)c3cnccn3)CC2)n1. The first-order valence-electron chi connectivity index (χ1n) is 8.51. The van der Waals surface area contributed by atoms with Gasteiger partial charge in [-0.05, 0) is 25.8 Å². The van der Waals surface area contributed by atoms with Crippen molar-refractivity contribution in [3.63, 3.8) is 0 Å². The number of carbonyl (C=O) groups is 1. The Morgan fingerprint density at radius 1 is 1.15 bits per heavy atom. The van der Waals surface area contributed by atoms with Gasteiger partial charge in [0.1, 0.15) is 22.2 Å². The van der Waals surface area contributed by atoms with Crippen molar-refractivity contribution >= 4 is 17.2 Å². The Labute approximate surface area is 155 Å². The van der Waals surface area contributed by atoms with Crippen molar-refractivity contribution in [3.05, 3.63) is 53.4 Å². The molecule has 132 valence electrons. The second-order valence-corrected chi connectivity index (χ2v) is 7.14. The summed E-state index contributed by atoms with van der Waals surface area (Å²) in [5, 5.41) is 2.86. The van der Waals surface area contributed by atoms with E-state index >= 15 is 0 Å². The molecular formula is C18H18N6OS. The van der Waals surface area contributed by atoms with E-state index in [1.165, 1.54) is 6.20 Å². The maximum atomic E-state index is 12.5. The van der Waals surface area contributed by atoms with Crippen molar-refractivity contribution in [2.24, 2.45) is 0 Å². The lowest BCUT2D eigenvalue weighted by Gasteiger charge is -2.31. The van der Waals surface area contributed by atoms with Gasteiger partial charge in [0.2, 0.25) is 0 Å². The van der Waals surface area contributed by atoms with Crippen molar-refractivity contribution in [3.8, 4) is 10.7 Å². The van der Waals surface area contributed by atoms with E-state index in [0.717, 1.165) is 35.1 Å². The Bertz CT molecular complexity index is 891. The number of rotatable bonds is 3. The molecule has 26 heavy (non-hydrogen) atoms. The summed E-state index contributed by atoms with van der Waals surface area (Å²) in [6.07, 6.45) is 8.09. The molecule has 1 aliphatic rings. The lowest BCUT2D eigenvalue weighted by atomic mass is 9.95. The number of aryl methyl sites for hydroxylation is 1. The molecule has 4 heterocycles. The van der Waals surface area contributed by atoms with Gasteiger partial charge >= 0.3 is 0 Å². The van der Waals surface area contributed by atoms with Crippen LogP contribution in [0.3, 0.4) is 0 Å². The van der Waals surface area contributed by atoms with Gasteiger partial charge in [-0.3, -0.25) is 9.78 Å². The zero-order valence-electron chi connectivity index (χ0n) is 14.4. The molecule has 0 N–H and O–H groups in total. The van der Waals surface area contributed by atoms with Crippen molar-refractivity contribution in [1.29, 1.82) is 0 Å². The lowest BCUT2D eigenvalue weighted by molar-refractivity contribution is 0.0704. The van der Waals surface area contributed by atoms with Crippen LogP contribution in [0.1, 0.15) is 40.8 Å². The predicted octanol–water partition coefficient (Wildman–Crippen LogP) is 2.72. The second kappa shape index (κ2) is 7.25. The van der Waals surface area contributed by atoms with Crippen LogP contribution in [0.15, 0.2) is 36.2 Å². The third kappa shape index (κ3) is 3.45. The topological polar surface area (TPSA) is 84.8 Å². The Balaban J connectivity index is 1.47. The fourth-order valence-electron chi connectivity index (χ4n) is 3.15. The number of piperidine rings is 1. The quantitative estimate of drug-likeness (QED) is 0.708. The molecule has 0 radical (unpaired) electrons. The highest BCUT2D eigenvalue weighted by molar-refractivity contribution is 7.13. The summed E-state index contributed by atoms with van der Waals surface area (Å²) in [4.78, 5) is 36.1. The van der Waals surface area contributed by atoms with Crippen LogP contribution < -0.4 is 0 Å². The molecule has 1 fully saturated rings. The van der Waals surface area contributed by atoms with Gasteiger partial charge in [0.15, 0.2) is 0 Å². The van der Waals surface area contributed by atoms with E-state index in [1.807, 2.05) is 23.3 Å². The summed E-state index contributed by atoms with van der Waals surface area (Å²) >= 11 is 1.57. The van der Waals surface area contributed by atoms with Gasteiger partial charge in [-0.1, -0.05) is 0 Å². The number of nitrogens with zero attached hydrogens (tertiary/aromatic N) is 6. The molecule has 3 aromatic heterocycles. The standard InChI is InChI=1S/C18H18N6OS/c1-12-10-14(17-21-6-9-26-17)23-16(22-12)13-2-7-24(8-3-13)18(25)15-11-19-4-5-20-15/h4-6,9-11,13H,2-3,7-8H2,1H3. The van der Waals surface area contributed by atoms with Crippen LogP contribution in [-0.4, -0.2) is 48.8 Å². The lowest BCUT2D eigenvalue weighted by Crippen LogP contribution is -2.38. The Hall–Kier alpha value is -2.74. The number of thiazole rings is 1. The van der Waals surface area contributed by atoms with Gasteiger partial charge in [0.25, 0.3) is 5.91 Å². The highest BCUT2D eigenvalue weighted by atomic mass is 32.1. The molecule has 0 bridgehead atoms. The predicted molar refractivity (Wildman–Crippen MR) is 97.8 cm³/mol. The third-order valence-corrected chi connectivity index (χ3v) is 5.25. The number of hydrogen-bond donors (Lipinski definition) is 0. The molecule has 0 spiro atoms. The fraction of sp³-hybridized carbons (Fsp3) is 0.333. The van der Waals surface area contributed by atoms with Crippen molar-refractivity contribution in [2.45, 2.75) is 25.7 Å². The average Bonchev–Trinajstić information content (AvgIpc) is 3.23. The van der Waals surface area contributed by atoms with Crippen LogP contribution >= 0.6 is 11.3 Å². The zero-order valence-corrected chi connectivity index (χ0v) is 15.2. The Morgan fingerprint density at radius 2 is 2.00 bits per heavy atom. The minimum Gasteiger partial charge on any atom is -0.337 e. The number of likely N-dealkylation sites (tertiary alicyclic amines) is 1. The van der Waals surface area contributed by atoms with E-state index in [4.69, 9.17) is 4.98 Å². The van der Waals surface area contributed by atoms with Gasteiger partial charge in [-0.15, -0.1) is 11.3 Å². The molecule has 1 aliphatic heterocycles. The second-order valence-electron chi connectivity index (χ2n) is 6.25. The average molecular weight is 366 g/mol. The molecule has 0 aliphatic carbocycles. The summed E-state index contributed by atoms with van der Waals surface area (Å²) in [7, 11) is 0. The van der Waals surface area contributed by atoms with Crippen LogP contribution in [0.5, 0.6) is 0 Å². The number of amides is 1. The first-order chi connectivity index (χ1) is 12.7. The maximum absolute atomic E-state index is 12.5. The summed E-state index contributed by atoms with van der Waals surface area (Å²) in [6.45, 7) is 3.32. The van der Waals surface area contributed by atoms with Crippen LogP contribution in [0.2, 0.25) is 0 Å². The van der Waals surface area contributed by atoms with E-state index in [-0.39, 0.29) is 11.8 Å². The highest BCUT2D eigenvalue weighted by Gasteiger charge is 2.27. The fourth-order valence-corrected chi connectivity index (χ4v) is 3.74. The van der Waals surface area contributed by atoms with Gasteiger partial charge in [-0.2, -0.15) is 0 Å². The summed E-state index contributed by atoms with van der Waals surface area (Å²) < 4.78 is 0. The van der Waals surface area contributed by atoms with E-state index in [0.29, 0.717) is 18.8 Å². The van der Waals surface area contributed by atoms with E-state index in [2.05, 4.69) is 19.9 Å². The van der Waals surface area contributed by atoms with Gasteiger partial charge < -0.3 is 4.90 Å². The first-order valence-corrected chi connectivity index (χ1v) is 9.39. The number of aromatic nitrogens is 5. The normalized spacial score (nSPS) is 15.2. The molecule has 0 saturated carbocycles. The smallest absolute Gasteiger partial charge is 0.274 e. The summed E-state index contributed by atoms with van der Waals surface area (Å²) in [5.74, 6) is 1.03. The zero-order chi connectivity index (χ0) is 17.9. The van der Waals surface area contributed by atoms with E-state index in [1.54, 1.807) is 29.9 Å². The Kier molecular flexibility index (Phi) is 4.66. The summed E-state index contributed by atoms with van der Waals surface area (Å²) in [6, 6.07) is 1.97. The van der Waals surface area contributed by atoms with Crippen molar-refractivity contribution < 1.29 is 4.79 Å². The molecular weight excluding hydrogens is 348 g/mol. The van der Waals surface area contributed by atoms with Crippen molar-refractivity contribution in [1.82, 2.24) is 29.8 Å². The summed E-state index contributed by atoms with van der Waals surface area (Å²) in [5.41, 5.74) is 2.21. The number of hydrogen-bond acceptors (Lipinski definition) is 7. The minimum atomic E-state index is -0.0646. The molecule has 0 unspecified atom stereocenters. The first kappa shape index (κ1) is 16.7. The molecule has 0 atom stereocenters. The molecule has 3 aromatic rings. The van der Waals surface area contributed by atoms with Gasteiger partial charge in [-0.25, -0.2) is 19.9 Å². The molecule has 0 aromatic carbocycles. The highest BCUT2D eigenvalue weighted by Crippen LogP contribution is 2.29. The maximum Gasteiger partial charge on any atom is 0.274 e. The Morgan fingerprint density at radius 3 is 2.69 bits per heavy atom. The van der Waals surface area contributed by atoms with Gasteiger partial charge in [0.05, 0.1) is 6.20 Å². The minimum absolute atomic E-state index is 0.0646. The van der Waals surface area contributed by atoms with E-state index in [9.17, 15) is 4.79 Å². The van der Waals surface area contributed by atoms with Crippen LogP contribution in [0.4, 0.5) is 0 Å². The van der Waals surface area contributed by atoms with Crippen LogP contribution in [0, 0.1) is 6.92 Å². The van der Waals surface area contributed by atoms with E-state index < -0.39 is 0 Å². The molecule has 1 saturated heterocycles.